The van der Waals surface area contributed by atoms with E-state index in [0.29, 0.717) is 25.4 Å². The topological polar surface area (TPSA) is 58.2 Å². The van der Waals surface area contributed by atoms with Crippen molar-refractivity contribution in [2.45, 2.75) is 49.8 Å². The number of hydrogen-bond donors (Lipinski definition) is 2. The van der Waals surface area contributed by atoms with Crippen molar-refractivity contribution in [1.29, 1.82) is 0 Å². The van der Waals surface area contributed by atoms with E-state index in [0.717, 1.165) is 6.42 Å². The van der Waals surface area contributed by atoms with E-state index in [2.05, 4.69) is 10.6 Å². The van der Waals surface area contributed by atoms with Gasteiger partial charge in [-0.25, -0.2) is 0 Å². The van der Waals surface area contributed by atoms with Crippen LogP contribution in [0.4, 0.5) is 0 Å². The third kappa shape index (κ3) is 7.63. The molecule has 110 valence electrons. The maximum atomic E-state index is 11.6. The summed E-state index contributed by atoms with van der Waals surface area (Å²) in [5.74, 6) is 0.334. The second-order valence-electron chi connectivity index (χ2n) is 4.98. The highest BCUT2D eigenvalue weighted by Gasteiger charge is 2.14. The molecule has 0 radical (unpaired) electrons. The lowest BCUT2D eigenvalue weighted by molar-refractivity contribution is -0.122. The van der Waals surface area contributed by atoms with Crippen LogP contribution in [0.2, 0.25) is 0 Å². The monoisotopic (exact) mass is 308 g/mol. The van der Waals surface area contributed by atoms with Crippen LogP contribution in [0, 0.1) is 5.92 Å². The number of carbonyl (C=O) groups is 2. The Balaban J connectivity index is 2.00. The fraction of sp³-hybridized carbons (Fsp3) is 0.846. The van der Waals surface area contributed by atoms with Crippen molar-refractivity contribution in [3.63, 3.8) is 0 Å². The van der Waals surface area contributed by atoms with Crippen molar-refractivity contribution in [2.24, 2.45) is 5.92 Å². The second kappa shape index (κ2) is 9.43. The first-order valence-electron chi connectivity index (χ1n) is 6.92. The molecule has 0 spiro atoms. The summed E-state index contributed by atoms with van der Waals surface area (Å²) in [6, 6.07) is 0. The number of halogens is 2. The molecule has 2 N–H and O–H groups in total. The van der Waals surface area contributed by atoms with E-state index in [1.165, 1.54) is 32.1 Å². The van der Waals surface area contributed by atoms with Gasteiger partial charge in [0.2, 0.25) is 5.91 Å². The third-order valence-electron chi connectivity index (χ3n) is 3.45. The third-order valence-corrected chi connectivity index (χ3v) is 3.85. The molecule has 0 heterocycles. The van der Waals surface area contributed by atoms with Crippen molar-refractivity contribution < 1.29 is 9.59 Å². The van der Waals surface area contributed by atoms with Gasteiger partial charge in [0.1, 0.15) is 0 Å². The minimum atomic E-state index is -1.05. The number of carbonyl (C=O) groups excluding carboxylic acids is 2. The van der Waals surface area contributed by atoms with E-state index >= 15 is 0 Å². The van der Waals surface area contributed by atoms with Crippen LogP contribution in [0.25, 0.3) is 0 Å². The van der Waals surface area contributed by atoms with Gasteiger partial charge in [-0.05, 0) is 12.3 Å². The summed E-state index contributed by atoms with van der Waals surface area (Å²) in [4.78, 5) is 21.6. The minimum absolute atomic E-state index is 0.0492. The molecule has 0 aromatic rings. The first kappa shape index (κ1) is 16.6. The zero-order chi connectivity index (χ0) is 14.1. The molecule has 4 nitrogen and oxygen atoms in total. The Morgan fingerprint density at radius 2 is 1.68 bits per heavy atom. The van der Waals surface area contributed by atoms with Crippen molar-refractivity contribution in [3.05, 3.63) is 0 Å². The average molecular weight is 309 g/mol. The van der Waals surface area contributed by atoms with Crippen LogP contribution < -0.4 is 10.6 Å². The molecule has 1 aliphatic carbocycles. The molecule has 0 aromatic carbocycles. The zero-order valence-electron chi connectivity index (χ0n) is 11.1. The minimum Gasteiger partial charge on any atom is -0.354 e. The lowest BCUT2D eigenvalue weighted by Crippen LogP contribution is -2.36. The molecule has 0 saturated heterocycles. The Kier molecular flexibility index (Phi) is 8.22. The number of alkyl halides is 2. The van der Waals surface area contributed by atoms with E-state index in [1.54, 1.807) is 0 Å². The van der Waals surface area contributed by atoms with E-state index in [-0.39, 0.29) is 5.91 Å². The number of amides is 2. The van der Waals surface area contributed by atoms with Gasteiger partial charge < -0.3 is 10.6 Å². The highest BCUT2D eigenvalue weighted by molar-refractivity contribution is 6.53. The molecule has 0 aromatic heterocycles. The first-order chi connectivity index (χ1) is 9.09. The maximum absolute atomic E-state index is 11.6. The second-order valence-corrected chi connectivity index (χ2v) is 6.08. The van der Waals surface area contributed by atoms with Crippen LogP contribution in [0.1, 0.15) is 44.9 Å². The SMILES string of the molecule is O=C(CCC1CCCCC1)NCCNC(=O)C(Cl)Cl. The van der Waals surface area contributed by atoms with Gasteiger partial charge in [0.15, 0.2) is 4.84 Å². The average Bonchev–Trinajstić information content (AvgIpc) is 2.42. The zero-order valence-corrected chi connectivity index (χ0v) is 12.6. The fourth-order valence-electron chi connectivity index (χ4n) is 2.36. The van der Waals surface area contributed by atoms with E-state index < -0.39 is 10.7 Å². The van der Waals surface area contributed by atoms with Crippen LogP contribution in [0.5, 0.6) is 0 Å². The molecule has 1 saturated carbocycles. The first-order valence-corrected chi connectivity index (χ1v) is 7.79. The van der Waals surface area contributed by atoms with Crippen molar-refractivity contribution in [3.8, 4) is 0 Å². The molecule has 19 heavy (non-hydrogen) atoms. The van der Waals surface area contributed by atoms with Gasteiger partial charge >= 0.3 is 0 Å². The van der Waals surface area contributed by atoms with Crippen molar-refractivity contribution >= 4 is 35.0 Å². The Labute approximate surface area is 124 Å². The summed E-state index contributed by atoms with van der Waals surface area (Å²) in [6.45, 7) is 0.764. The van der Waals surface area contributed by atoms with Crippen LogP contribution in [0.15, 0.2) is 0 Å². The molecule has 1 aliphatic rings. The maximum Gasteiger partial charge on any atom is 0.253 e. The summed E-state index contributed by atoms with van der Waals surface area (Å²) in [6.07, 6.45) is 8.01. The smallest absolute Gasteiger partial charge is 0.253 e. The van der Waals surface area contributed by atoms with Crippen LogP contribution in [-0.2, 0) is 9.59 Å². The molecule has 6 heteroatoms. The number of nitrogens with one attached hydrogen (secondary N) is 2. The normalized spacial score (nSPS) is 16.4. The predicted octanol–water partition coefficient (Wildman–Crippen LogP) is 2.38. The van der Waals surface area contributed by atoms with Crippen LogP contribution in [-0.4, -0.2) is 29.7 Å². The Morgan fingerprint density at radius 3 is 2.32 bits per heavy atom. The summed E-state index contributed by atoms with van der Waals surface area (Å²) in [5, 5.41) is 5.30. The van der Waals surface area contributed by atoms with Crippen LogP contribution >= 0.6 is 23.2 Å². The summed E-state index contributed by atoms with van der Waals surface area (Å²) in [7, 11) is 0. The highest BCUT2D eigenvalue weighted by Crippen LogP contribution is 2.27. The van der Waals surface area contributed by atoms with Crippen LogP contribution in [0.3, 0.4) is 0 Å². The van der Waals surface area contributed by atoms with Gasteiger partial charge in [0.05, 0.1) is 0 Å². The van der Waals surface area contributed by atoms with E-state index in [9.17, 15) is 9.59 Å². The molecule has 1 fully saturated rings. The fourth-order valence-corrected chi connectivity index (χ4v) is 2.52. The summed E-state index contributed by atoms with van der Waals surface area (Å²) in [5.41, 5.74) is 0. The molecule has 0 bridgehead atoms. The Hall–Kier alpha value is -0.480. The Bertz CT molecular complexity index is 292. The van der Waals surface area contributed by atoms with Crippen molar-refractivity contribution in [2.75, 3.05) is 13.1 Å². The lowest BCUT2D eigenvalue weighted by atomic mass is 9.86. The molecule has 0 unspecified atom stereocenters. The van der Waals surface area contributed by atoms with E-state index in [1.807, 2.05) is 0 Å². The standard InChI is InChI=1S/C13H22Cl2N2O2/c14-12(15)13(19)17-9-8-16-11(18)7-6-10-4-2-1-3-5-10/h10,12H,1-9H2,(H,16,18)(H,17,19). The predicted molar refractivity (Wildman–Crippen MR) is 77.3 cm³/mol. The molecular formula is C13H22Cl2N2O2. The molecule has 0 atom stereocenters. The van der Waals surface area contributed by atoms with Gasteiger partial charge in [-0.15, -0.1) is 0 Å². The van der Waals surface area contributed by atoms with E-state index in [4.69, 9.17) is 23.2 Å². The number of rotatable bonds is 7. The Morgan fingerprint density at radius 1 is 1.05 bits per heavy atom. The summed E-state index contributed by atoms with van der Waals surface area (Å²) < 4.78 is 0. The van der Waals surface area contributed by atoms with Gasteiger partial charge in [0.25, 0.3) is 5.91 Å². The quantitative estimate of drug-likeness (QED) is 0.560. The number of hydrogen-bond acceptors (Lipinski definition) is 2. The van der Waals surface area contributed by atoms with Crippen molar-refractivity contribution in [1.82, 2.24) is 10.6 Å². The van der Waals surface area contributed by atoms with Gasteiger partial charge in [0, 0.05) is 19.5 Å². The highest BCUT2D eigenvalue weighted by atomic mass is 35.5. The van der Waals surface area contributed by atoms with Gasteiger partial charge in [-0.2, -0.15) is 0 Å². The van der Waals surface area contributed by atoms with Gasteiger partial charge in [-0.3, -0.25) is 9.59 Å². The molecular weight excluding hydrogens is 287 g/mol. The summed E-state index contributed by atoms with van der Waals surface area (Å²) >= 11 is 10.7. The lowest BCUT2D eigenvalue weighted by Gasteiger charge is -2.20. The molecule has 1 rings (SSSR count). The van der Waals surface area contributed by atoms with Gasteiger partial charge in [-0.1, -0.05) is 55.3 Å². The molecule has 2 amide bonds. The molecule has 0 aliphatic heterocycles. The largest absolute Gasteiger partial charge is 0.354 e.